The highest BCUT2D eigenvalue weighted by atomic mass is 16.2. The van der Waals surface area contributed by atoms with E-state index in [1.54, 1.807) is 41.4 Å². The van der Waals surface area contributed by atoms with Gasteiger partial charge < -0.3 is 10.2 Å². The molecule has 0 unspecified atom stereocenters. The second-order valence-corrected chi connectivity index (χ2v) is 5.79. The van der Waals surface area contributed by atoms with E-state index in [1.165, 1.54) is 4.52 Å². The molecule has 0 bridgehead atoms. The summed E-state index contributed by atoms with van der Waals surface area (Å²) < 4.78 is 1.37. The lowest BCUT2D eigenvalue weighted by Gasteiger charge is -2.27. The highest BCUT2D eigenvalue weighted by Gasteiger charge is 2.25. The summed E-state index contributed by atoms with van der Waals surface area (Å²) in [5.41, 5.74) is 2.67. The average Bonchev–Trinajstić information content (AvgIpc) is 3.10. The molecule has 0 spiro atoms. The molecule has 8 heteroatoms. The van der Waals surface area contributed by atoms with Crippen LogP contribution < -0.4 is 10.9 Å². The van der Waals surface area contributed by atoms with Crippen molar-refractivity contribution in [1.29, 1.82) is 5.26 Å². The number of urea groups is 1. The summed E-state index contributed by atoms with van der Waals surface area (Å²) in [6.07, 6.45) is 2.18. The van der Waals surface area contributed by atoms with Gasteiger partial charge in [-0.25, -0.2) is 14.3 Å². The molecule has 3 heterocycles. The van der Waals surface area contributed by atoms with Gasteiger partial charge in [0, 0.05) is 30.9 Å². The van der Waals surface area contributed by atoms with Crippen molar-refractivity contribution in [2.75, 3.05) is 11.9 Å². The predicted molar refractivity (Wildman–Crippen MR) is 90.1 cm³/mol. The normalized spacial score (nSPS) is 13.3. The van der Waals surface area contributed by atoms with E-state index in [-0.39, 0.29) is 18.1 Å². The summed E-state index contributed by atoms with van der Waals surface area (Å²) in [5.74, 6) is 0. The summed E-state index contributed by atoms with van der Waals surface area (Å²) in [6, 6.07) is 10.2. The molecule has 3 aromatic rings. The molecule has 2 N–H and O–H groups in total. The number of hydrogen-bond acceptors (Lipinski definition) is 4. The Balaban J connectivity index is 1.58. The Morgan fingerprint density at radius 2 is 2.24 bits per heavy atom. The van der Waals surface area contributed by atoms with Crippen LogP contribution in [0.1, 0.15) is 16.8 Å². The summed E-state index contributed by atoms with van der Waals surface area (Å²) >= 11 is 0. The zero-order valence-electron chi connectivity index (χ0n) is 13.2. The van der Waals surface area contributed by atoms with Gasteiger partial charge in [-0.15, -0.1) is 0 Å². The second kappa shape index (κ2) is 5.79. The molecule has 2 aromatic heterocycles. The van der Waals surface area contributed by atoms with Crippen LogP contribution in [-0.4, -0.2) is 32.1 Å². The van der Waals surface area contributed by atoms with Crippen LogP contribution in [-0.2, 0) is 13.0 Å². The quantitative estimate of drug-likeness (QED) is 0.703. The number of aromatic amines is 1. The van der Waals surface area contributed by atoms with Crippen molar-refractivity contribution >= 4 is 17.4 Å². The molecule has 1 aromatic carbocycles. The first-order chi connectivity index (χ1) is 12.2. The van der Waals surface area contributed by atoms with Crippen molar-refractivity contribution < 1.29 is 4.79 Å². The van der Waals surface area contributed by atoms with Crippen LogP contribution >= 0.6 is 0 Å². The molecule has 4 rings (SSSR count). The molecule has 25 heavy (non-hydrogen) atoms. The fourth-order valence-corrected chi connectivity index (χ4v) is 2.96. The Bertz CT molecular complexity index is 1070. The van der Waals surface area contributed by atoms with Gasteiger partial charge in [-0.1, -0.05) is 6.07 Å². The van der Waals surface area contributed by atoms with E-state index in [9.17, 15) is 9.59 Å². The van der Waals surface area contributed by atoms with Crippen molar-refractivity contribution in [3.05, 3.63) is 63.7 Å². The number of fused-ring (bicyclic) bond motifs is 2. The Hall–Kier alpha value is -3.60. The molecular weight excluding hydrogens is 320 g/mol. The third-order valence-corrected chi connectivity index (χ3v) is 4.22. The first-order valence-electron chi connectivity index (χ1n) is 7.80. The Morgan fingerprint density at radius 1 is 1.36 bits per heavy atom. The molecular formula is C17H14N6O2. The maximum atomic E-state index is 12.5. The second-order valence-electron chi connectivity index (χ2n) is 5.79. The number of aromatic nitrogens is 3. The summed E-state index contributed by atoms with van der Waals surface area (Å²) in [6.45, 7) is 0.677. The van der Waals surface area contributed by atoms with E-state index >= 15 is 0 Å². The van der Waals surface area contributed by atoms with Crippen molar-refractivity contribution in [2.45, 2.75) is 13.0 Å². The molecule has 0 fully saturated rings. The van der Waals surface area contributed by atoms with E-state index in [2.05, 4.69) is 15.4 Å². The minimum atomic E-state index is -0.309. The fourth-order valence-electron chi connectivity index (χ4n) is 2.96. The van der Waals surface area contributed by atoms with Gasteiger partial charge in [0.2, 0.25) is 0 Å². The number of nitrogens with one attached hydrogen (secondary N) is 2. The average molecular weight is 334 g/mol. The van der Waals surface area contributed by atoms with Crippen molar-refractivity contribution in [2.24, 2.45) is 0 Å². The maximum absolute atomic E-state index is 12.5. The number of carbonyl (C=O) groups excluding carboxylic acids is 1. The Kier molecular flexibility index (Phi) is 3.47. The minimum Gasteiger partial charge on any atom is -0.320 e. The molecule has 0 saturated heterocycles. The van der Waals surface area contributed by atoms with E-state index < -0.39 is 0 Å². The fraction of sp³-hybridized carbons (Fsp3) is 0.176. The molecule has 0 aliphatic carbocycles. The van der Waals surface area contributed by atoms with Gasteiger partial charge in [0.25, 0.3) is 5.56 Å². The zero-order valence-corrected chi connectivity index (χ0v) is 13.2. The molecule has 1 aliphatic heterocycles. The number of anilines is 1. The van der Waals surface area contributed by atoms with Crippen LogP contribution in [0.25, 0.3) is 5.65 Å². The molecule has 2 amide bonds. The van der Waals surface area contributed by atoms with Gasteiger partial charge in [-0.3, -0.25) is 9.89 Å². The predicted octanol–water partition coefficient (Wildman–Crippen LogP) is 1.48. The first-order valence-corrected chi connectivity index (χ1v) is 7.80. The standard InChI is InChI=1S/C17H14N6O2/c18-9-11-2-1-3-12(8-11)20-17(25)22-7-5-14-13(10-22)16(24)23-15(21-14)4-6-19-23/h1-4,6,8,19H,5,7,10H2,(H,20,25). The van der Waals surface area contributed by atoms with E-state index in [4.69, 9.17) is 5.26 Å². The number of rotatable bonds is 1. The Labute approximate surface area is 142 Å². The van der Waals surface area contributed by atoms with Crippen molar-refractivity contribution in [3.8, 4) is 6.07 Å². The number of nitrogens with zero attached hydrogens (tertiary/aromatic N) is 4. The van der Waals surface area contributed by atoms with Crippen LogP contribution in [0.2, 0.25) is 0 Å². The number of hydrogen-bond donors (Lipinski definition) is 2. The van der Waals surface area contributed by atoms with Gasteiger partial charge in [-0.2, -0.15) is 5.26 Å². The summed E-state index contributed by atoms with van der Waals surface area (Å²) in [4.78, 5) is 31.1. The minimum absolute atomic E-state index is 0.186. The van der Waals surface area contributed by atoms with E-state index in [0.717, 1.165) is 5.69 Å². The third kappa shape index (κ3) is 2.61. The first kappa shape index (κ1) is 15.0. The number of carbonyl (C=O) groups is 1. The van der Waals surface area contributed by atoms with Crippen LogP contribution in [0.15, 0.2) is 41.3 Å². The number of H-pyrrole nitrogens is 1. The van der Waals surface area contributed by atoms with Gasteiger partial charge >= 0.3 is 6.03 Å². The zero-order chi connectivity index (χ0) is 17.4. The highest BCUT2D eigenvalue weighted by molar-refractivity contribution is 5.89. The lowest BCUT2D eigenvalue weighted by molar-refractivity contribution is 0.205. The van der Waals surface area contributed by atoms with Crippen LogP contribution in [0, 0.1) is 11.3 Å². The third-order valence-electron chi connectivity index (χ3n) is 4.22. The monoisotopic (exact) mass is 334 g/mol. The van der Waals surface area contributed by atoms with Gasteiger partial charge in [-0.05, 0) is 18.2 Å². The molecule has 124 valence electrons. The largest absolute Gasteiger partial charge is 0.322 e. The van der Waals surface area contributed by atoms with Crippen LogP contribution in [0.5, 0.6) is 0 Å². The van der Waals surface area contributed by atoms with Gasteiger partial charge in [0.05, 0.1) is 29.4 Å². The number of nitriles is 1. The van der Waals surface area contributed by atoms with Crippen LogP contribution in [0.4, 0.5) is 10.5 Å². The maximum Gasteiger partial charge on any atom is 0.322 e. The SMILES string of the molecule is N#Cc1cccc(NC(=O)N2CCc3nc4cc[nH]n4c(=O)c3C2)c1. The molecule has 0 saturated carbocycles. The van der Waals surface area contributed by atoms with Gasteiger partial charge in [0.1, 0.15) is 0 Å². The van der Waals surface area contributed by atoms with Gasteiger partial charge in [0.15, 0.2) is 5.65 Å². The lowest BCUT2D eigenvalue weighted by Crippen LogP contribution is -2.42. The molecule has 0 atom stereocenters. The molecule has 1 aliphatic rings. The van der Waals surface area contributed by atoms with Crippen molar-refractivity contribution in [3.63, 3.8) is 0 Å². The highest BCUT2D eigenvalue weighted by Crippen LogP contribution is 2.17. The number of amides is 2. The summed E-state index contributed by atoms with van der Waals surface area (Å²) in [5, 5.41) is 14.5. The van der Waals surface area contributed by atoms with E-state index in [1.807, 2.05) is 6.07 Å². The Morgan fingerprint density at radius 3 is 3.08 bits per heavy atom. The van der Waals surface area contributed by atoms with Crippen LogP contribution in [0.3, 0.4) is 0 Å². The molecule has 0 radical (unpaired) electrons. The molecule has 8 nitrogen and oxygen atoms in total. The lowest BCUT2D eigenvalue weighted by atomic mass is 10.1. The van der Waals surface area contributed by atoms with Crippen molar-refractivity contribution in [1.82, 2.24) is 19.5 Å². The van der Waals surface area contributed by atoms with E-state index in [0.29, 0.717) is 35.4 Å². The topological polar surface area (TPSA) is 106 Å². The number of benzene rings is 1. The smallest absolute Gasteiger partial charge is 0.320 e. The summed E-state index contributed by atoms with van der Waals surface area (Å²) in [7, 11) is 0.